The Kier molecular flexibility index (Phi) is 4.61. The molecule has 1 unspecified atom stereocenters. The van der Waals surface area contributed by atoms with Crippen LogP contribution in [0.5, 0.6) is 0 Å². The molecular formula is C13H17NO5S. The van der Waals surface area contributed by atoms with E-state index in [1.54, 1.807) is 0 Å². The van der Waals surface area contributed by atoms with E-state index in [1.165, 1.54) is 31.4 Å². The van der Waals surface area contributed by atoms with Gasteiger partial charge in [-0.2, -0.15) is 0 Å². The van der Waals surface area contributed by atoms with Crippen LogP contribution >= 0.6 is 0 Å². The molecule has 1 aliphatic rings. The minimum atomic E-state index is -3.45. The molecular weight excluding hydrogens is 282 g/mol. The Labute approximate surface area is 118 Å². The summed E-state index contributed by atoms with van der Waals surface area (Å²) in [7, 11) is -2.16. The third kappa shape index (κ3) is 3.94. The van der Waals surface area contributed by atoms with E-state index in [0.717, 1.165) is 12.8 Å². The first-order valence-electron chi connectivity index (χ1n) is 6.30. The van der Waals surface area contributed by atoms with E-state index >= 15 is 0 Å². The van der Waals surface area contributed by atoms with Gasteiger partial charge in [-0.1, -0.05) is 0 Å². The van der Waals surface area contributed by atoms with Crippen molar-refractivity contribution in [2.75, 3.05) is 24.2 Å². The highest BCUT2D eigenvalue weighted by atomic mass is 32.2. The Morgan fingerprint density at radius 3 is 2.65 bits per heavy atom. The maximum absolute atomic E-state index is 11.9. The number of sulfonamides is 1. The van der Waals surface area contributed by atoms with Gasteiger partial charge in [0.1, 0.15) is 0 Å². The molecule has 6 nitrogen and oxygen atoms in total. The first kappa shape index (κ1) is 14.8. The molecule has 20 heavy (non-hydrogen) atoms. The van der Waals surface area contributed by atoms with Gasteiger partial charge in [0.2, 0.25) is 10.0 Å². The monoisotopic (exact) mass is 299 g/mol. The largest absolute Gasteiger partial charge is 0.465 e. The Balaban J connectivity index is 1.99. The minimum Gasteiger partial charge on any atom is -0.465 e. The molecule has 1 saturated heterocycles. The van der Waals surface area contributed by atoms with Crippen molar-refractivity contribution in [2.45, 2.75) is 18.9 Å². The van der Waals surface area contributed by atoms with Gasteiger partial charge in [-0.25, -0.2) is 13.2 Å². The van der Waals surface area contributed by atoms with Crippen LogP contribution in [0.2, 0.25) is 0 Å². The van der Waals surface area contributed by atoms with E-state index in [2.05, 4.69) is 9.46 Å². The second-order valence-corrected chi connectivity index (χ2v) is 6.35. The van der Waals surface area contributed by atoms with Crippen molar-refractivity contribution in [3.8, 4) is 0 Å². The Hall–Kier alpha value is -1.60. The maximum atomic E-state index is 11.9. The van der Waals surface area contributed by atoms with Crippen LogP contribution < -0.4 is 4.72 Å². The van der Waals surface area contributed by atoms with Crippen molar-refractivity contribution < 1.29 is 22.7 Å². The summed E-state index contributed by atoms with van der Waals surface area (Å²) in [6, 6.07) is 6.07. The second-order valence-electron chi connectivity index (χ2n) is 4.59. The van der Waals surface area contributed by atoms with Gasteiger partial charge in [-0.15, -0.1) is 0 Å². The number of anilines is 1. The van der Waals surface area contributed by atoms with Gasteiger partial charge in [-0.05, 0) is 37.1 Å². The van der Waals surface area contributed by atoms with Crippen LogP contribution in [0.25, 0.3) is 0 Å². The van der Waals surface area contributed by atoms with Gasteiger partial charge in [0.15, 0.2) is 0 Å². The molecule has 0 saturated carbocycles. The Morgan fingerprint density at radius 2 is 2.10 bits per heavy atom. The molecule has 0 bridgehead atoms. The maximum Gasteiger partial charge on any atom is 0.337 e. The number of nitrogens with one attached hydrogen (secondary N) is 1. The predicted molar refractivity (Wildman–Crippen MR) is 74.2 cm³/mol. The summed E-state index contributed by atoms with van der Waals surface area (Å²) in [5.41, 5.74) is 0.783. The van der Waals surface area contributed by atoms with Crippen LogP contribution in [0.3, 0.4) is 0 Å². The van der Waals surface area contributed by atoms with Crippen LogP contribution in [-0.4, -0.2) is 40.0 Å². The standard InChI is InChI=1S/C13H17NO5S/c1-18-13(15)10-4-6-11(7-5-10)14-20(16,17)9-12-3-2-8-19-12/h4-7,12,14H,2-3,8-9H2,1H3. The second kappa shape index (κ2) is 6.23. The van der Waals surface area contributed by atoms with Crippen molar-refractivity contribution >= 4 is 21.7 Å². The number of ether oxygens (including phenoxy) is 2. The SMILES string of the molecule is COC(=O)c1ccc(NS(=O)(=O)CC2CCCO2)cc1. The summed E-state index contributed by atoms with van der Waals surface area (Å²) in [6.07, 6.45) is 1.43. The summed E-state index contributed by atoms with van der Waals surface area (Å²) < 4.78 is 36.2. The quantitative estimate of drug-likeness (QED) is 0.831. The number of methoxy groups -OCH3 is 1. The third-order valence-electron chi connectivity index (χ3n) is 3.01. The summed E-state index contributed by atoms with van der Waals surface area (Å²) in [5, 5.41) is 0. The zero-order chi connectivity index (χ0) is 14.6. The van der Waals surface area contributed by atoms with Crippen molar-refractivity contribution in [3.05, 3.63) is 29.8 Å². The van der Waals surface area contributed by atoms with Crippen molar-refractivity contribution in [3.63, 3.8) is 0 Å². The van der Waals surface area contributed by atoms with Gasteiger partial charge < -0.3 is 9.47 Å². The highest BCUT2D eigenvalue weighted by molar-refractivity contribution is 7.92. The molecule has 0 radical (unpaired) electrons. The first-order valence-corrected chi connectivity index (χ1v) is 7.96. The van der Waals surface area contributed by atoms with Crippen LogP contribution in [0.1, 0.15) is 23.2 Å². The van der Waals surface area contributed by atoms with E-state index in [0.29, 0.717) is 17.9 Å². The van der Waals surface area contributed by atoms with Crippen LogP contribution in [-0.2, 0) is 19.5 Å². The lowest BCUT2D eigenvalue weighted by Gasteiger charge is -2.12. The number of benzene rings is 1. The molecule has 1 aromatic rings. The molecule has 1 aromatic carbocycles. The Bertz CT molecular complexity index is 561. The fourth-order valence-corrected chi connectivity index (χ4v) is 3.36. The topological polar surface area (TPSA) is 81.7 Å². The smallest absolute Gasteiger partial charge is 0.337 e. The Morgan fingerprint density at radius 1 is 1.40 bits per heavy atom. The average Bonchev–Trinajstić information content (AvgIpc) is 2.90. The van der Waals surface area contributed by atoms with Crippen molar-refractivity contribution in [2.24, 2.45) is 0 Å². The lowest BCUT2D eigenvalue weighted by Crippen LogP contribution is -2.25. The number of hydrogen-bond acceptors (Lipinski definition) is 5. The zero-order valence-electron chi connectivity index (χ0n) is 11.2. The molecule has 1 N–H and O–H groups in total. The molecule has 7 heteroatoms. The highest BCUT2D eigenvalue weighted by Gasteiger charge is 2.23. The third-order valence-corrected chi connectivity index (χ3v) is 4.37. The van der Waals surface area contributed by atoms with E-state index in [4.69, 9.17) is 4.74 Å². The lowest BCUT2D eigenvalue weighted by atomic mass is 10.2. The molecule has 1 fully saturated rings. The zero-order valence-corrected chi connectivity index (χ0v) is 12.0. The number of rotatable bonds is 5. The normalized spacial score (nSPS) is 18.8. The molecule has 110 valence electrons. The van der Waals surface area contributed by atoms with Crippen LogP contribution in [0.15, 0.2) is 24.3 Å². The fraction of sp³-hybridized carbons (Fsp3) is 0.462. The number of esters is 1. The van der Waals surface area contributed by atoms with Gasteiger partial charge in [0, 0.05) is 12.3 Å². The molecule has 2 rings (SSSR count). The van der Waals surface area contributed by atoms with E-state index in [1.807, 2.05) is 0 Å². The minimum absolute atomic E-state index is 0.0498. The van der Waals surface area contributed by atoms with Crippen LogP contribution in [0, 0.1) is 0 Å². The van der Waals surface area contributed by atoms with E-state index in [9.17, 15) is 13.2 Å². The first-order chi connectivity index (χ1) is 9.50. The lowest BCUT2D eigenvalue weighted by molar-refractivity contribution is 0.0600. The summed E-state index contributed by atoms with van der Waals surface area (Å²) in [6.45, 7) is 0.619. The van der Waals surface area contributed by atoms with Gasteiger partial charge in [0.05, 0.1) is 24.5 Å². The molecule has 1 heterocycles. The van der Waals surface area contributed by atoms with E-state index in [-0.39, 0.29) is 11.9 Å². The van der Waals surface area contributed by atoms with Crippen molar-refractivity contribution in [1.29, 1.82) is 0 Å². The molecule has 0 amide bonds. The molecule has 0 aliphatic carbocycles. The predicted octanol–water partition coefficient (Wildman–Crippen LogP) is 1.39. The van der Waals surface area contributed by atoms with Gasteiger partial charge >= 0.3 is 5.97 Å². The van der Waals surface area contributed by atoms with E-state index < -0.39 is 16.0 Å². The summed E-state index contributed by atoms with van der Waals surface area (Å²) in [4.78, 5) is 11.3. The highest BCUT2D eigenvalue weighted by Crippen LogP contribution is 2.17. The number of carbonyl (C=O) groups is 1. The van der Waals surface area contributed by atoms with Gasteiger partial charge in [-0.3, -0.25) is 4.72 Å². The summed E-state index contributed by atoms with van der Waals surface area (Å²) >= 11 is 0. The number of hydrogen-bond donors (Lipinski definition) is 1. The number of carbonyl (C=O) groups excluding carboxylic acids is 1. The molecule has 0 aromatic heterocycles. The summed E-state index contributed by atoms with van der Waals surface area (Å²) in [5.74, 6) is -0.509. The van der Waals surface area contributed by atoms with Gasteiger partial charge in [0.25, 0.3) is 0 Å². The molecule has 0 spiro atoms. The van der Waals surface area contributed by atoms with Crippen molar-refractivity contribution in [1.82, 2.24) is 0 Å². The van der Waals surface area contributed by atoms with Crippen LogP contribution in [0.4, 0.5) is 5.69 Å². The molecule has 1 atom stereocenters. The molecule has 1 aliphatic heterocycles. The average molecular weight is 299 g/mol. The fourth-order valence-electron chi connectivity index (χ4n) is 2.03.